The third-order valence-corrected chi connectivity index (χ3v) is 6.47. The van der Waals surface area contributed by atoms with Crippen molar-refractivity contribution < 1.29 is 19.4 Å². The zero-order valence-corrected chi connectivity index (χ0v) is 19.7. The maximum atomic E-state index is 12.9. The second-order valence-corrected chi connectivity index (χ2v) is 9.02. The largest absolute Gasteiger partial charge is 0.339 e. The van der Waals surface area contributed by atoms with Crippen LogP contribution in [0.3, 0.4) is 0 Å². The van der Waals surface area contributed by atoms with Gasteiger partial charge in [0.2, 0.25) is 0 Å². The average Bonchev–Trinajstić information content (AvgIpc) is 2.87. The van der Waals surface area contributed by atoms with E-state index in [4.69, 9.17) is 0 Å². The normalized spacial score (nSPS) is 14.0. The fourth-order valence-electron chi connectivity index (χ4n) is 3.51. The number of hydrogen-bond acceptors (Lipinski definition) is 8. The molecule has 0 unspecified atom stereocenters. The number of nitrogens with zero attached hydrogens (tertiary/aromatic N) is 3. The number of benzene rings is 2. The highest BCUT2D eigenvalue weighted by Crippen LogP contribution is 2.23. The Balaban J connectivity index is 1.75. The molecule has 0 aromatic heterocycles. The topological polar surface area (TPSA) is 157 Å². The highest BCUT2D eigenvalue weighted by Gasteiger charge is 2.25. The van der Waals surface area contributed by atoms with Crippen LogP contribution >= 0.6 is 11.8 Å². The molecule has 184 valence electrons. The predicted molar refractivity (Wildman–Crippen MR) is 132 cm³/mol. The molecule has 0 bridgehead atoms. The molecule has 0 saturated heterocycles. The van der Waals surface area contributed by atoms with Gasteiger partial charge in [0.1, 0.15) is 6.04 Å². The molecule has 2 N–H and O–H groups in total. The number of nitro groups is 2. The van der Waals surface area contributed by atoms with Crippen LogP contribution < -0.4 is 10.7 Å². The van der Waals surface area contributed by atoms with E-state index in [1.54, 1.807) is 0 Å². The fraction of sp³-hybridized carbons (Fsp3) is 0.348. The molecule has 2 amide bonds. The van der Waals surface area contributed by atoms with Crippen LogP contribution in [-0.4, -0.2) is 39.2 Å². The number of hydrogen-bond donors (Lipinski definition) is 2. The number of rotatable bonds is 10. The van der Waals surface area contributed by atoms with E-state index in [-0.39, 0.29) is 11.3 Å². The Bertz CT molecular complexity index is 1080. The summed E-state index contributed by atoms with van der Waals surface area (Å²) in [6.07, 6.45) is 4.74. The Hall–Kier alpha value is -3.80. The lowest BCUT2D eigenvalue weighted by atomic mass is 9.99. The molecule has 1 aliphatic rings. The Morgan fingerprint density at radius 1 is 0.971 bits per heavy atom. The molecule has 12 heteroatoms. The van der Waals surface area contributed by atoms with E-state index in [1.807, 2.05) is 30.3 Å². The van der Waals surface area contributed by atoms with Crippen LogP contribution in [0.15, 0.2) is 53.6 Å². The summed E-state index contributed by atoms with van der Waals surface area (Å²) in [5.74, 6) is -0.564. The van der Waals surface area contributed by atoms with Gasteiger partial charge in [0.05, 0.1) is 21.5 Å². The molecule has 0 radical (unpaired) electrons. The van der Waals surface area contributed by atoms with Crippen molar-refractivity contribution in [2.45, 2.75) is 43.9 Å². The van der Waals surface area contributed by atoms with Gasteiger partial charge in [-0.1, -0.05) is 36.8 Å². The van der Waals surface area contributed by atoms with Crippen LogP contribution in [0.1, 0.15) is 48.0 Å². The summed E-state index contributed by atoms with van der Waals surface area (Å²) in [6.45, 7) is 0. The Kier molecular flexibility index (Phi) is 9.30. The summed E-state index contributed by atoms with van der Waals surface area (Å²) in [5.41, 5.74) is 2.99. The van der Waals surface area contributed by atoms with Crippen LogP contribution in [0, 0.1) is 20.2 Å². The van der Waals surface area contributed by atoms with Crippen molar-refractivity contribution in [1.29, 1.82) is 0 Å². The van der Waals surface area contributed by atoms with Gasteiger partial charge in [0.25, 0.3) is 23.2 Å². The molecular weight excluding hydrogens is 474 g/mol. The standard InChI is InChI=1S/C23H25N5O6S/c29-22(17-11-19(27(31)32)13-20(12-17)28(33)34)24-21(15-35-14-16-7-3-1-4-8-16)23(30)26-25-18-9-5-2-6-10-18/h1,3-4,7-8,11-13,21H,2,5-6,9-10,14-15H2,(H,24,29)(H,26,30)/t21-/m0/s1. The number of carbonyl (C=O) groups is 2. The lowest BCUT2D eigenvalue weighted by molar-refractivity contribution is -0.394. The van der Waals surface area contributed by atoms with Crippen LogP contribution in [0.25, 0.3) is 0 Å². The molecule has 35 heavy (non-hydrogen) atoms. The van der Waals surface area contributed by atoms with Crippen molar-refractivity contribution in [3.8, 4) is 0 Å². The Morgan fingerprint density at radius 2 is 1.60 bits per heavy atom. The maximum Gasteiger partial charge on any atom is 0.277 e. The van der Waals surface area contributed by atoms with Gasteiger partial charge in [0, 0.05) is 29.4 Å². The van der Waals surface area contributed by atoms with E-state index in [1.165, 1.54) is 11.8 Å². The molecule has 3 rings (SSSR count). The molecule has 2 aromatic carbocycles. The first-order valence-electron chi connectivity index (χ1n) is 11.0. The number of hydrazone groups is 1. The lowest BCUT2D eigenvalue weighted by Crippen LogP contribution is -2.47. The van der Waals surface area contributed by atoms with Gasteiger partial charge in [0.15, 0.2) is 0 Å². The SMILES string of the molecule is O=C(N[C@@H](CSCc1ccccc1)C(=O)NN=C1CCCCC1)c1cc([N+](=O)[O-])cc([N+](=O)[O-])c1. The molecule has 0 spiro atoms. The third kappa shape index (κ3) is 7.88. The van der Waals surface area contributed by atoms with Crippen molar-refractivity contribution in [1.82, 2.24) is 10.7 Å². The van der Waals surface area contributed by atoms with Crippen LogP contribution in [-0.2, 0) is 10.5 Å². The second-order valence-electron chi connectivity index (χ2n) is 7.99. The number of carbonyl (C=O) groups excluding carboxylic acids is 2. The van der Waals surface area contributed by atoms with Crippen molar-refractivity contribution >= 4 is 40.7 Å². The number of nitrogens with one attached hydrogen (secondary N) is 2. The molecular formula is C23H25N5O6S. The van der Waals surface area contributed by atoms with E-state index in [2.05, 4.69) is 15.8 Å². The summed E-state index contributed by atoms with van der Waals surface area (Å²) in [5, 5.41) is 29.1. The zero-order chi connectivity index (χ0) is 25.2. The minimum atomic E-state index is -1.01. The number of thioether (sulfide) groups is 1. The Morgan fingerprint density at radius 3 is 2.20 bits per heavy atom. The Labute approximate surface area is 205 Å². The predicted octanol–water partition coefficient (Wildman–Crippen LogP) is 3.97. The van der Waals surface area contributed by atoms with Gasteiger partial charge in [-0.2, -0.15) is 16.9 Å². The van der Waals surface area contributed by atoms with Crippen LogP contribution in [0.5, 0.6) is 0 Å². The van der Waals surface area contributed by atoms with Crippen molar-refractivity contribution in [3.05, 3.63) is 79.9 Å². The second kappa shape index (κ2) is 12.6. The monoisotopic (exact) mass is 499 g/mol. The van der Waals surface area contributed by atoms with Crippen LogP contribution in [0.2, 0.25) is 0 Å². The summed E-state index contributed by atoms with van der Waals surface area (Å²) < 4.78 is 0. The van der Waals surface area contributed by atoms with E-state index in [9.17, 15) is 29.8 Å². The van der Waals surface area contributed by atoms with E-state index >= 15 is 0 Å². The van der Waals surface area contributed by atoms with Crippen molar-refractivity contribution in [2.75, 3.05) is 5.75 Å². The summed E-state index contributed by atoms with van der Waals surface area (Å²) in [6, 6.07) is 11.2. The lowest BCUT2D eigenvalue weighted by Gasteiger charge is -2.18. The van der Waals surface area contributed by atoms with Crippen molar-refractivity contribution in [3.63, 3.8) is 0 Å². The van der Waals surface area contributed by atoms with Gasteiger partial charge in [-0.15, -0.1) is 0 Å². The summed E-state index contributed by atoms with van der Waals surface area (Å²) in [7, 11) is 0. The van der Waals surface area contributed by atoms with E-state index in [0.29, 0.717) is 5.75 Å². The first-order valence-corrected chi connectivity index (χ1v) is 12.2. The van der Waals surface area contributed by atoms with Crippen molar-refractivity contribution in [2.24, 2.45) is 5.10 Å². The minimum Gasteiger partial charge on any atom is -0.339 e. The fourth-order valence-corrected chi connectivity index (χ4v) is 4.53. The molecule has 1 aliphatic carbocycles. The highest BCUT2D eigenvalue weighted by atomic mass is 32.2. The first kappa shape index (κ1) is 25.8. The number of nitro benzene ring substituents is 2. The zero-order valence-electron chi connectivity index (χ0n) is 18.8. The first-order chi connectivity index (χ1) is 16.8. The number of non-ortho nitro benzene ring substituents is 2. The molecule has 1 atom stereocenters. The van der Waals surface area contributed by atoms with Gasteiger partial charge in [-0.25, -0.2) is 5.43 Å². The van der Waals surface area contributed by atoms with E-state index < -0.39 is 39.1 Å². The molecule has 11 nitrogen and oxygen atoms in total. The van der Waals surface area contributed by atoms with Gasteiger partial charge in [-0.05, 0) is 31.2 Å². The van der Waals surface area contributed by atoms with Gasteiger partial charge in [-0.3, -0.25) is 29.8 Å². The highest BCUT2D eigenvalue weighted by molar-refractivity contribution is 7.98. The molecule has 0 heterocycles. The average molecular weight is 500 g/mol. The quantitative estimate of drug-likeness (QED) is 0.370. The maximum absolute atomic E-state index is 12.9. The summed E-state index contributed by atoms with van der Waals surface area (Å²) >= 11 is 1.42. The molecule has 1 saturated carbocycles. The van der Waals surface area contributed by atoms with Gasteiger partial charge >= 0.3 is 0 Å². The smallest absolute Gasteiger partial charge is 0.277 e. The minimum absolute atomic E-state index is 0.203. The molecule has 0 aliphatic heterocycles. The molecule has 2 aromatic rings. The third-order valence-electron chi connectivity index (χ3n) is 5.36. The van der Waals surface area contributed by atoms with Crippen LogP contribution in [0.4, 0.5) is 11.4 Å². The number of amides is 2. The summed E-state index contributed by atoms with van der Waals surface area (Å²) in [4.78, 5) is 46.4. The van der Waals surface area contributed by atoms with Gasteiger partial charge < -0.3 is 5.32 Å². The molecule has 1 fully saturated rings. The van der Waals surface area contributed by atoms with E-state index in [0.717, 1.165) is 61.6 Å².